The Morgan fingerprint density at radius 3 is 1.30 bits per heavy atom. The van der Waals surface area contributed by atoms with Crippen LogP contribution in [0.4, 0.5) is 0 Å². The Hall–Kier alpha value is 0.657. The van der Waals surface area contributed by atoms with Gasteiger partial charge in [0, 0.05) is 11.9 Å². The Morgan fingerprint density at radius 2 is 0.957 bits per heavy atom. The molecule has 0 aromatic carbocycles. The molecule has 0 atom stereocenters. The fraction of sp³-hybridized carbons (Fsp3) is 1.00. The maximum Gasteiger partial charge on any atom is 0.200 e. The van der Waals surface area contributed by atoms with E-state index in [4.69, 9.17) is 4.43 Å². The fourth-order valence-electron chi connectivity index (χ4n) is 4.18. The summed E-state index contributed by atoms with van der Waals surface area (Å²) in [5.74, 6) is 0. The van der Waals surface area contributed by atoms with E-state index in [0.717, 1.165) is 6.61 Å². The smallest absolute Gasteiger partial charge is 0.200 e. The van der Waals surface area contributed by atoms with Crippen molar-refractivity contribution in [3.63, 3.8) is 0 Å². The van der Waals surface area contributed by atoms with E-state index in [1.54, 1.807) is 0 Å². The van der Waals surface area contributed by atoms with Gasteiger partial charge in [0.15, 0.2) is 8.32 Å². The van der Waals surface area contributed by atoms with E-state index in [1.807, 2.05) is 0 Å². The molecule has 0 bridgehead atoms. The van der Waals surface area contributed by atoms with Crippen LogP contribution in [0.2, 0.25) is 16.6 Å². The van der Waals surface area contributed by atoms with E-state index in [-0.39, 0.29) is 0 Å². The van der Waals surface area contributed by atoms with Crippen LogP contribution < -0.4 is 0 Å². The second-order valence-corrected chi connectivity index (χ2v) is 14.3. The van der Waals surface area contributed by atoms with Crippen LogP contribution in [0.25, 0.3) is 0 Å². The van der Waals surface area contributed by atoms with Crippen molar-refractivity contribution < 1.29 is 4.43 Å². The largest absolute Gasteiger partial charge is 0.416 e. The Bertz CT molecular complexity index is 245. The van der Waals surface area contributed by atoms with Crippen molar-refractivity contribution in [3.05, 3.63) is 0 Å². The predicted octanol–water partition coefficient (Wildman–Crippen LogP) is 8.08. The third kappa shape index (κ3) is 9.07. The second kappa shape index (κ2) is 13.9. The van der Waals surface area contributed by atoms with Gasteiger partial charge in [-0.15, -0.1) is 0 Å². The molecule has 23 heavy (non-hydrogen) atoms. The van der Waals surface area contributed by atoms with Gasteiger partial charge in [0.05, 0.1) is 0 Å². The van der Waals surface area contributed by atoms with E-state index in [9.17, 15) is 0 Å². The zero-order valence-electron chi connectivity index (χ0n) is 16.8. The summed E-state index contributed by atoms with van der Waals surface area (Å²) in [6.45, 7) is 15.3. The van der Waals surface area contributed by atoms with Crippen molar-refractivity contribution >= 4 is 24.2 Å². The molecule has 0 fully saturated rings. The highest BCUT2D eigenvalue weighted by Gasteiger charge is 2.44. The molecular formula is C20H43BrOSi. The average Bonchev–Trinajstić information content (AvgIpc) is 2.47. The molecule has 0 aromatic rings. The molecule has 0 saturated carbocycles. The van der Waals surface area contributed by atoms with Gasteiger partial charge < -0.3 is 4.43 Å². The summed E-state index contributed by atoms with van der Waals surface area (Å²) in [5.41, 5.74) is 2.13. The molecule has 0 N–H and O–H groups in total. The third-order valence-electron chi connectivity index (χ3n) is 5.34. The summed E-state index contributed by atoms with van der Waals surface area (Å²) in [6.07, 6.45) is 12.4. The molecule has 0 aliphatic rings. The molecule has 0 rings (SSSR count). The number of halogens is 1. The van der Waals surface area contributed by atoms with Crippen LogP contribution in [0.3, 0.4) is 0 Å². The first-order valence-electron chi connectivity index (χ1n) is 10.1. The number of unbranched alkanes of at least 4 members (excludes halogenated alkanes) is 8. The molecule has 0 radical (unpaired) electrons. The highest BCUT2D eigenvalue weighted by Crippen LogP contribution is 2.42. The molecule has 0 aliphatic heterocycles. The van der Waals surface area contributed by atoms with Crippen LogP contribution in [-0.4, -0.2) is 20.3 Å². The van der Waals surface area contributed by atoms with Gasteiger partial charge in [-0.2, -0.15) is 0 Å². The Labute approximate surface area is 156 Å². The van der Waals surface area contributed by atoms with Gasteiger partial charge in [-0.05, 0) is 29.5 Å². The molecule has 0 heterocycles. The summed E-state index contributed by atoms with van der Waals surface area (Å²) >= 11 is 3.50. The lowest BCUT2D eigenvalue weighted by Crippen LogP contribution is -2.47. The van der Waals surface area contributed by atoms with Crippen molar-refractivity contribution in [1.82, 2.24) is 0 Å². The first kappa shape index (κ1) is 23.7. The van der Waals surface area contributed by atoms with Gasteiger partial charge in [-0.25, -0.2) is 0 Å². The SMILES string of the molecule is CC(C)[Si](OCCCCCCCCCCCBr)(C(C)C)C(C)C. The highest BCUT2D eigenvalue weighted by molar-refractivity contribution is 9.09. The fourth-order valence-corrected chi connectivity index (χ4v) is 10.1. The Morgan fingerprint density at radius 1 is 0.609 bits per heavy atom. The minimum absolute atomic E-state index is 0.710. The van der Waals surface area contributed by atoms with Crippen LogP contribution in [-0.2, 0) is 4.43 Å². The number of alkyl halides is 1. The predicted molar refractivity (Wildman–Crippen MR) is 112 cm³/mol. The lowest BCUT2D eigenvalue weighted by Gasteiger charge is -2.42. The molecule has 140 valence electrons. The van der Waals surface area contributed by atoms with Crippen LogP contribution in [0.1, 0.15) is 99.3 Å². The lowest BCUT2D eigenvalue weighted by atomic mass is 10.1. The molecular weight excluding hydrogens is 364 g/mol. The van der Waals surface area contributed by atoms with Gasteiger partial charge in [-0.3, -0.25) is 0 Å². The van der Waals surface area contributed by atoms with Crippen molar-refractivity contribution in [2.75, 3.05) is 11.9 Å². The van der Waals surface area contributed by atoms with Crippen LogP contribution in [0.5, 0.6) is 0 Å². The van der Waals surface area contributed by atoms with Gasteiger partial charge in [0.25, 0.3) is 0 Å². The van der Waals surface area contributed by atoms with E-state index in [0.29, 0.717) is 16.6 Å². The van der Waals surface area contributed by atoms with E-state index in [2.05, 4.69) is 57.5 Å². The summed E-state index contributed by atoms with van der Waals surface area (Å²) in [4.78, 5) is 0. The van der Waals surface area contributed by atoms with Gasteiger partial charge in [0.2, 0.25) is 0 Å². The third-order valence-corrected chi connectivity index (χ3v) is 12.0. The van der Waals surface area contributed by atoms with Gasteiger partial charge in [-0.1, -0.05) is 102 Å². The normalized spacial score (nSPS) is 12.8. The first-order chi connectivity index (χ1) is 10.9. The summed E-state index contributed by atoms with van der Waals surface area (Å²) in [5, 5.41) is 1.17. The Kier molecular flexibility index (Phi) is 14.3. The summed E-state index contributed by atoms with van der Waals surface area (Å²) in [7, 11) is -1.63. The van der Waals surface area contributed by atoms with E-state index < -0.39 is 8.32 Å². The zero-order chi connectivity index (χ0) is 17.7. The molecule has 0 spiro atoms. The topological polar surface area (TPSA) is 9.23 Å². The molecule has 1 nitrogen and oxygen atoms in total. The van der Waals surface area contributed by atoms with Crippen molar-refractivity contribution in [2.45, 2.75) is 116 Å². The second-order valence-electron chi connectivity index (χ2n) is 8.04. The number of hydrogen-bond acceptors (Lipinski definition) is 1. The van der Waals surface area contributed by atoms with E-state index in [1.165, 1.54) is 63.1 Å². The van der Waals surface area contributed by atoms with Gasteiger partial charge in [0.1, 0.15) is 0 Å². The van der Waals surface area contributed by atoms with Crippen molar-refractivity contribution in [1.29, 1.82) is 0 Å². The summed E-state index contributed by atoms with van der Waals surface area (Å²) < 4.78 is 6.62. The molecule has 3 heteroatoms. The van der Waals surface area contributed by atoms with Crippen LogP contribution >= 0.6 is 15.9 Å². The Balaban J connectivity index is 3.80. The molecule has 0 unspecified atom stereocenters. The first-order valence-corrected chi connectivity index (χ1v) is 13.4. The van der Waals surface area contributed by atoms with Crippen LogP contribution in [0, 0.1) is 0 Å². The summed E-state index contributed by atoms with van der Waals surface area (Å²) in [6, 6.07) is 0. The quantitative estimate of drug-likeness (QED) is 0.151. The lowest BCUT2D eigenvalue weighted by molar-refractivity contribution is 0.267. The molecule has 0 aliphatic carbocycles. The van der Waals surface area contributed by atoms with Gasteiger partial charge >= 0.3 is 0 Å². The van der Waals surface area contributed by atoms with Crippen molar-refractivity contribution in [2.24, 2.45) is 0 Å². The maximum absolute atomic E-state index is 6.62. The molecule has 0 aromatic heterocycles. The minimum atomic E-state index is -1.63. The molecule has 0 amide bonds. The number of hydrogen-bond donors (Lipinski definition) is 0. The standard InChI is InChI=1S/C20H43BrOSi/c1-18(2)23(19(3)4,20(5)6)22-17-15-13-11-9-7-8-10-12-14-16-21/h18-20H,7-17H2,1-6H3. The highest BCUT2D eigenvalue weighted by atomic mass is 79.9. The van der Waals surface area contributed by atoms with E-state index >= 15 is 0 Å². The average molecular weight is 408 g/mol. The minimum Gasteiger partial charge on any atom is -0.416 e. The zero-order valence-corrected chi connectivity index (χ0v) is 19.4. The monoisotopic (exact) mass is 406 g/mol. The van der Waals surface area contributed by atoms with Crippen molar-refractivity contribution in [3.8, 4) is 0 Å². The maximum atomic E-state index is 6.62. The number of rotatable bonds is 15. The van der Waals surface area contributed by atoms with Crippen LogP contribution in [0.15, 0.2) is 0 Å². The molecule has 0 saturated heterocycles.